The summed E-state index contributed by atoms with van der Waals surface area (Å²) < 4.78 is 0. The van der Waals surface area contributed by atoms with Gasteiger partial charge in [0.05, 0.1) is 6.54 Å². The van der Waals surface area contributed by atoms with Crippen LogP contribution in [0.15, 0.2) is 0 Å². The van der Waals surface area contributed by atoms with Gasteiger partial charge in [-0.1, -0.05) is 19.3 Å². The Morgan fingerprint density at radius 3 is 2.24 bits per heavy atom. The Kier molecular flexibility index (Phi) is 7.46. The molecule has 1 aliphatic carbocycles. The molecule has 0 aromatic heterocycles. The largest absolute Gasteiger partial charge is 0.347 e. The van der Waals surface area contributed by atoms with Crippen LogP contribution in [0, 0.1) is 5.41 Å². The highest BCUT2D eigenvalue weighted by atomic mass is 35.5. The van der Waals surface area contributed by atoms with E-state index < -0.39 is 0 Å². The molecule has 122 valence electrons. The van der Waals surface area contributed by atoms with Gasteiger partial charge in [-0.25, -0.2) is 0 Å². The quantitative estimate of drug-likeness (QED) is 0.805. The number of carbonyl (C=O) groups excluding carboxylic acids is 2. The molecule has 3 N–H and O–H groups in total. The van der Waals surface area contributed by atoms with Crippen molar-refractivity contribution in [2.24, 2.45) is 11.1 Å². The van der Waals surface area contributed by atoms with Gasteiger partial charge in [0.2, 0.25) is 11.8 Å². The Morgan fingerprint density at radius 1 is 1.05 bits per heavy atom. The molecule has 1 aliphatic heterocycles. The summed E-state index contributed by atoms with van der Waals surface area (Å²) in [7, 11) is 0. The zero-order chi connectivity index (χ0) is 14.4. The van der Waals surface area contributed by atoms with Crippen LogP contribution in [0.1, 0.15) is 51.4 Å². The van der Waals surface area contributed by atoms with Gasteiger partial charge in [-0.3, -0.25) is 9.59 Å². The lowest BCUT2D eigenvalue weighted by atomic mass is 9.71. The van der Waals surface area contributed by atoms with Crippen molar-refractivity contribution in [1.29, 1.82) is 0 Å². The molecule has 2 amide bonds. The molecule has 2 aliphatic rings. The molecule has 2 fully saturated rings. The van der Waals surface area contributed by atoms with Gasteiger partial charge < -0.3 is 16.0 Å². The molecular weight excluding hydrogens is 290 g/mol. The van der Waals surface area contributed by atoms with E-state index in [-0.39, 0.29) is 36.2 Å². The van der Waals surface area contributed by atoms with Crippen LogP contribution in [-0.4, -0.2) is 42.9 Å². The first-order valence-electron chi connectivity index (χ1n) is 7.90. The maximum atomic E-state index is 12.1. The summed E-state index contributed by atoms with van der Waals surface area (Å²) in [4.78, 5) is 25.8. The molecule has 0 aromatic carbocycles. The van der Waals surface area contributed by atoms with E-state index in [2.05, 4.69) is 5.32 Å². The highest BCUT2D eigenvalue weighted by molar-refractivity contribution is 5.85. The van der Waals surface area contributed by atoms with Gasteiger partial charge in [0.25, 0.3) is 0 Å². The molecule has 5 nitrogen and oxygen atoms in total. The summed E-state index contributed by atoms with van der Waals surface area (Å²) in [6.45, 7) is 2.38. The first-order valence-corrected chi connectivity index (χ1v) is 7.90. The molecule has 0 unspecified atom stereocenters. The molecule has 1 saturated heterocycles. The van der Waals surface area contributed by atoms with E-state index in [1.54, 1.807) is 0 Å². The third-order valence-corrected chi connectivity index (χ3v) is 4.78. The lowest BCUT2D eigenvalue weighted by molar-refractivity contribution is -0.132. The first kappa shape index (κ1) is 18.2. The van der Waals surface area contributed by atoms with Gasteiger partial charge in [0, 0.05) is 19.5 Å². The van der Waals surface area contributed by atoms with Gasteiger partial charge in [0.1, 0.15) is 0 Å². The minimum atomic E-state index is -0.0287. The summed E-state index contributed by atoms with van der Waals surface area (Å²) in [6, 6.07) is 0. The lowest BCUT2D eigenvalue weighted by Crippen LogP contribution is -2.42. The average molecular weight is 318 g/mol. The topological polar surface area (TPSA) is 75.4 Å². The van der Waals surface area contributed by atoms with Crippen molar-refractivity contribution in [2.45, 2.75) is 51.4 Å². The first-order chi connectivity index (χ1) is 9.65. The van der Waals surface area contributed by atoms with Crippen LogP contribution in [0.25, 0.3) is 0 Å². The molecule has 1 saturated carbocycles. The number of nitrogens with two attached hydrogens (primary N) is 1. The van der Waals surface area contributed by atoms with Gasteiger partial charge in [-0.05, 0) is 37.6 Å². The van der Waals surface area contributed by atoms with E-state index in [1.807, 2.05) is 4.90 Å². The summed E-state index contributed by atoms with van der Waals surface area (Å²) in [5.74, 6) is 0.0196. The fourth-order valence-corrected chi connectivity index (χ4v) is 3.41. The maximum absolute atomic E-state index is 12.1. The summed E-state index contributed by atoms with van der Waals surface area (Å²) in [6.07, 6.45) is 8.28. The van der Waals surface area contributed by atoms with Gasteiger partial charge in [0.15, 0.2) is 0 Å². The number of nitrogens with zero attached hydrogens (tertiary/aromatic N) is 1. The molecule has 0 spiro atoms. The molecular formula is C15H28ClN3O2. The van der Waals surface area contributed by atoms with Crippen LogP contribution < -0.4 is 11.1 Å². The third-order valence-electron chi connectivity index (χ3n) is 4.78. The Bertz CT molecular complexity index is 351. The number of hydrogen-bond acceptors (Lipinski definition) is 3. The summed E-state index contributed by atoms with van der Waals surface area (Å²) in [5, 5.41) is 2.78. The number of halogens is 1. The van der Waals surface area contributed by atoms with E-state index in [4.69, 9.17) is 5.73 Å². The Balaban J connectivity index is 0.00000220. The molecule has 1 heterocycles. The van der Waals surface area contributed by atoms with E-state index in [0.717, 1.165) is 51.6 Å². The third kappa shape index (κ3) is 5.15. The van der Waals surface area contributed by atoms with Gasteiger partial charge in [-0.15, -0.1) is 12.4 Å². The number of nitrogens with one attached hydrogen (secondary N) is 1. The average Bonchev–Trinajstić information content (AvgIpc) is 3.00. The molecule has 0 aromatic rings. The molecule has 0 bridgehead atoms. The van der Waals surface area contributed by atoms with Crippen molar-refractivity contribution in [3.05, 3.63) is 0 Å². The second-order valence-corrected chi connectivity index (χ2v) is 6.31. The second kappa shape index (κ2) is 8.59. The number of amides is 2. The Hall–Kier alpha value is -0.810. The fraction of sp³-hybridized carbons (Fsp3) is 0.867. The van der Waals surface area contributed by atoms with Crippen LogP contribution in [0.4, 0.5) is 0 Å². The molecule has 0 atom stereocenters. The van der Waals surface area contributed by atoms with Gasteiger partial charge in [-0.2, -0.15) is 0 Å². The van der Waals surface area contributed by atoms with Crippen molar-refractivity contribution in [1.82, 2.24) is 10.2 Å². The van der Waals surface area contributed by atoms with Crippen molar-refractivity contribution in [2.75, 3.05) is 26.2 Å². The minimum Gasteiger partial charge on any atom is -0.347 e. The van der Waals surface area contributed by atoms with Crippen molar-refractivity contribution in [3.63, 3.8) is 0 Å². The van der Waals surface area contributed by atoms with Crippen LogP contribution in [-0.2, 0) is 9.59 Å². The van der Waals surface area contributed by atoms with E-state index >= 15 is 0 Å². The van der Waals surface area contributed by atoms with E-state index in [1.165, 1.54) is 6.42 Å². The molecule has 21 heavy (non-hydrogen) atoms. The Morgan fingerprint density at radius 2 is 1.67 bits per heavy atom. The zero-order valence-electron chi connectivity index (χ0n) is 12.7. The molecule has 2 rings (SSSR count). The number of hydrogen-bond donors (Lipinski definition) is 2. The summed E-state index contributed by atoms with van der Waals surface area (Å²) in [5.41, 5.74) is 5.86. The van der Waals surface area contributed by atoms with Gasteiger partial charge >= 0.3 is 0 Å². The fourth-order valence-electron chi connectivity index (χ4n) is 3.41. The standard InChI is InChI=1S/C15H27N3O2.ClH/c16-12-15(6-2-1-3-7-15)10-13(19)17-11-14(20)18-8-4-5-9-18;/h1-12,16H2,(H,17,19);1H. The highest BCUT2D eigenvalue weighted by Gasteiger charge is 2.33. The highest BCUT2D eigenvalue weighted by Crippen LogP contribution is 2.38. The van der Waals surface area contributed by atoms with Crippen LogP contribution in [0.3, 0.4) is 0 Å². The Labute approximate surface area is 133 Å². The number of likely N-dealkylation sites (tertiary alicyclic amines) is 1. The molecule has 6 heteroatoms. The van der Waals surface area contributed by atoms with E-state index in [0.29, 0.717) is 13.0 Å². The van der Waals surface area contributed by atoms with Crippen molar-refractivity contribution in [3.8, 4) is 0 Å². The van der Waals surface area contributed by atoms with E-state index in [9.17, 15) is 9.59 Å². The smallest absolute Gasteiger partial charge is 0.241 e. The lowest BCUT2D eigenvalue weighted by Gasteiger charge is -2.35. The number of carbonyl (C=O) groups is 2. The number of rotatable bonds is 5. The second-order valence-electron chi connectivity index (χ2n) is 6.31. The minimum absolute atomic E-state index is 0. The van der Waals surface area contributed by atoms with Crippen LogP contribution >= 0.6 is 12.4 Å². The maximum Gasteiger partial charge on any atom is 0.241 e. The van der Waals surface area contributed by atoms with Crippen molar-refractivity contribution >= 4 is 24.2 Å². The van der Waals surface area contributed by atoms with Crippen LogP contribution in [0.5, 0.6) is 0 Å². The zero-order valence-corrected chi connectivity index (χ0v) is 13.6. The normalized spacial score (nSPS) is 20.7. The molecule has 0 radical (unpaired) electrons. The van der Waals surface area contributed by atoms with Crippen LogP contribution in [0.2, 0.25) is 0 Å². The summed E-state index contributed by atoms with van der Waals surface area (Å²) >= 11 is 0. The predicted octanol–water partition coefficient (Wildman–Crippen LogP) is 1.45. The monoisotopic (exact) mass is 317 g/mol. The SMILES string of the molecule is Cl.NCC1(CC(=O)NCC(=O)N2CCCC2)CCCCC1. The predicted molar refractivity (Wildman–Crippen MR) is 85.3 cm³/mol. The van der Waals surface area contributed by atoms with Crippen molar-refractivity contribution < 1.29 is 9.59 Å².